The van der Waals surface area contributed by atoms with E-state index < -0.39 is 20.2 Å². The lowest BCUT2D eigenvalue weighted by Gasteiger charge is -2.39. The molecule has 11 nitrogen and oxygen atoms in total. The molecule has 2 heterocycles. The minimum atomic E-state index is -2.21. The van der Waals surface area contributed by atoms with E-state index in [1.807, 2.05) is 72.8 Å². The molecule has 0 bridgehead atoms. The summed E-state index contributed by atoms with van der Waals surface area (Å²) in [7, 11) is -2.21. The Morgan fingerprint density at radius 2 is 1.67 bits per heavy atom. The molecule has 0 fully saturated rings. The summed E-state index contributed by atoms with van der Waals surface area (Å²) < 4.78 is 14.3. The Kier molecular flexibility index (Phi) is 11.8. The minimum absolute atomic E-state index is 0.0159. The van der Waals surface area contributed by atoms with Crippen LogP contribution in [0.4, 0.5) is 10.5 Å². The molecule has 0 aliphatic rings. The Balaban J connectivity index is 1.08. The second-order valence-electron chi connectivity index (χ2n) is 15.6. The van der Waals surface area contributed by atoms with Crippen molar-refractivity contribution in [1.29, 1.82) is 0 Å². The van der Waals surface area contributed by atoms with Crippen molar-refractivity contribution < 1.29 is 23.9 Å². The first-order chi connectivity index (χ1) is 26.2. The number of carboxylic acid groups (broad SMARTS) is 1. The number of aromatic hydroxyl groups is 1. The minimum Gasteiger partial charge on any atom is -0.506 e. The van der Waals surface area contributed by atoms with Gasteiger partial charge in [-0.25, -0.2) is 9.59 Å². The van der Waals surface area contributed by atoms with Gasteiger partial charge in [0.25, 0.3) is 0 Å². The van der Waals surface area contributed by atoms with Crippen molar-refractivity contribution in [3.63, 3.8) is 0 Å². The van der Waals surface area contributed by atoms with Gasteiger partial charge in [0.05, 0.1) is 22.8 Å². The number of phenols is 1. The van der Waals surface area contributed by atoms with Crippen LogP contribution < -0.4 is 21.9 Å². The first kappa shape index (κ1) is 39.3. The molecule has 0 aliphatic heterocycles. The number of aromatic amines is 1. The van der Waals surface area contributed by atoms with E-state index in [1.54, 1.807) is 16.7 Å². The Bertz CT molecular complexity index is 2410. The lowest BCUT2D eigenvalue weighted by Crippen LogP contribution is -2.43. The third kappa shape index (κ3) is 9.27. The number of oxazole rings is 1. The number of nitrogens with zero attached hydrogens (tertiary/aromatic N) is 1. The van der Waals surface area contributed by atoms with Gasteiger partial charge in [-0.05, 0) is 103 Å². The highest BCUT2D eigenvalue weighted by Gasteiger charge is 2.39. The molecule has 0 spiro atoms. The summed E-state index contributed by atoms with van der Waals surface area (Å²) in [5.41, 5.74) is 6.65. The summed E-state index contributed by atoms with van der Waals surface area (Å²) in [4.78, 5) is 39.2. The molecule has 0 aliphatic carbocycles. The monoisotopic (exact) mass is 762 g/mol. The maximum Gasteiger partial charge on any atom is 0.419 e. The number of phenolic OH excluding ortho intramolecular Hbond substituents is 1. The molecule has 288 valence electrons. The number of unbranched alkanes of at least 4 members (excludes halogenated alkanes) is 1. The molecule has 12 heteroatoms. The number of carbonyl (C=O) groups is 1. The Morgan fingerprint density at radius 1 is 0.927 bits per heavy atom. The maximum absolute atomic E-state index is 12.9. The molecule has 5 N–H and O–H groups in total. The summed E-state index contributed by atoms with van der Waals surface area (Å²) >= 11 is 0. The van der Waals surface area contributed by atoms with Crippen LogP contribution in [0, 0.1) is 0 Å². The molecule has 0 saturated carbocycles. The van der Waals surface area contributed by atoms with E-state index >= 15 is 0 Å². The number of anilines is 1. The zero-order valence-electron chi connectivity index (χ0n) is 32.1. The Labute approximate surface area is 321 Å². The van der Waals surface area contributed by atoms with Crippen LogP contribution in [0.2, 0.25) is 18.1 Å². The lowest BCUT2D eigenvalue weighted by molar-refractivity contribution is 0.182. The smallest absolute Gasteiger partial charge is 0.419 e. The Hall–Kier alpha value is -5.43. The van der Waals surface area contributed by atoms with Crippen molar-refractivity contribution >= 4 is 42.1 Å². The summed E-state index contributed by atoms with van der Waals surface area (Å²) in [5, 5.41) is 26.7. The van der Waals surface area contributed by atoms with Crippen molar-refractivity contribution in [3.05, 3.63) is 129 Å². The SMILES string of the molecule is CC(C)(C)[Si](C)(C)OC(CNCCc1ccc2c(c1)oc(=O)n2CCCCc1ccc(-c2ccccc2)c(NC(=O)O)c1)c1ccc(O)c2[nH]c(=O)ccc12. The van der Waals surface area contributed by atoms with Gasteiger partial charge in [-0.3, -0.25) is 14.7 Å². The largest absolute Gasteiger partial charge is 0.506 e. The molecule has 1 unspecified atom stereocenters. The average molecular weight is 763 g/mol. The normalized spacial score (nSPS) is 12.7. The van der Waals surface area contributed by atoms with Crippen LogP contribution in [0.25, 0.3) is 33.1 Å². The van der Waals surface area contributed by atoms with Crippen LogP contribution >= 0.6 is 0 Å². The van der Waals surface area contributed by atoms with Crippen LogP contribution in [-0.2, 0) is 23.8 Å². The fourth-order valence-electron chi connectivity index (χ4n) is 6.67. The van der Waals surface area contributed by atoms with Crippen molar-refractivity contribution in [1.82, 2.24) is 14.9 Å². The zero-order chi connectivity index (χ0) is 39.3. The van der Waals surface area contributed by atoms with Crippen molar-refractivity contribution in [2.45, 2.75) is 77.2 Å². The van der Waals surface area contributed by atoms with Crippen molar-refractivity contribution in [2.75, 3.05) is 18.4 Å². The molecule has 4 aromatic carbocycles. The Morgan fingerprint density at radius 3 is 2.42 bits per heavy atom. The number of aryl methyl sites for hydroxylation is 2. The molecule has 2 aromatic heterocycles. The molecule has 55 heavy (non-hydrogen) atoms. The second-order valence-corrected chi connectivity index (χ2v) is 20.3. The summed E-state index contributed by atoms with van der Waals surface area (Å²) in [6.07, 6.45) is 1.55. The van der Waals surface area contributed by atoms with Crippen LogP contribution in [0.3, 0.4) is 0 Å². The molecule has 1 amide bonds. The number of benzene rings is 4. The summed E-state index contributed by atoms with van der Waals surface area (Å²) in [6, 6.07) is 28.1. The van der Waals surface area contributed by atoms with Gasteiger partial charge in [-0.15, -0.1) is 0 Å². The highest BCUT2D eigenvalue weighted by atomic mass is 28.4. The number of amides is 1. The van der Waals surface area contributed by atoms with Crippen molar-refractivity contribution in [2.24, 2.45) is 0 Å². The molecule has 6 aromatic rings. The molecule has 0 radical (unpaired) electrons. The predicted molar refractivity (Wildman–Crippen MR) is 221 cm³/mol. The fraction of sp³-hybridized carbons (Fsp3) is 0.326. The first-order valence-corrected chi connectivity index (χ1v) is 21.6. The fourth-order valence-corrected chi connectivity index (χ4v) is 7.94. The van der Waals surface area contributed by atoms with Crippen LogP contribution in [0.5, 0.6) is 5.75 Å². The van der Waals surface area contributed by atoms with Crippen molar-refractivity contribution in [3.8, 4) is 16.9 Å². The van der Waals surface area contributed by atoms with Gasteiger partial charge in [0.1, 0.15) is 5.75 Å². The number of hydrogen-bond donors (Lipinski definition) is 5. The van der Waals surface area contributed by atoms with Gasteiger partial charge in [-0.2, -0.15) is 0 Å². The zero-order valence-corrected chi connectivity index (χ0v) is 33.1. The van der Waals surface area contributed by atoms with Gasteiger partial charge < -0.3 is 29.4 Å². The summed E-state index contributed by atoms with van der Waals surface area (Å²) in [6.45, 7) is 12.7. The third-order valence-electron chi connectivity index (χ3n) is 10.7. The van der Waals surface area contributed by atoms with Gasteiger partial charge in [-0.1, -0.05) is 75.4 Å². The highest BCUT2D eigenvalue weighted by molar-refractivity contribution is 6.74. The van der Waals surface area contributed by atoms with E-state index in [4.69, 9.17) is 8.84 Å². The van der Waals surface area contributed by atoms with Crippen LogP contribution in [0.1, 0.15) is 56.4 Å². The lowest BCUT2D eigenvalue weighted by atomic mass is 9.99. The third-order valence-corrected chi connectivity index (χ3v) is 15.1. The molecular formula is C43H50N4O7Si. The predicted octanol–water partition coefficient (Wildman–Crippen LogP) is 8.82. The summed E-state index contributed by atoms with van der Waals surface area (Å²) in [5.74, 6) is -0.374. The van der Waals surface area contributed by atoms with Crippen LogP contribution in [-0.4, -0.2) is 47.3 Å². The number of H-pyrrole nitrogens is 1. The van der Waals surface area contributed by atoms with E-state index in [1.165, 1.54) is 6.07 Å². The van der Waals surface area contributed by atoms with Gasteiger partial charge in [0, 0.05) is 30.1 Å². The van der Waals surface area contributed by atoms with Gasteiger partial charge in [0.15, 0.2) is 13.9 Å². The number of rotatable bonds is 15. The second kappa shape index (κ2) is 16.5. The van der Waals surface area contributed by atoms with E-state index in [9.17, 15) is 24.6 Å². The molecule has 6 rings (SSSR count). The molecule has 0 saturated heterocycles. The highest BCUT2D eigenvalue weighted by Crippen LogP contribution is 2.41. The number of aromatic nitrogens is 2. The van der Waals surface area contributed by atoms with E-state index in [2.05, 4.69) is 49.5 Å². The molecular weight excluding hydrogens is 713 g/mol. The quantitative estimate of drug-likeness (QED) is 0.0513. The molecule has 1 atom stereocenters. The average Bonchev–Trinajstić information content (AvgIpc) is 3.45. The number of pyridine rings is 1. The van der Waals surface area contributed by atoms with E-state index in [0.29, 0.717) is 42.8 Å². The first-order valence-electron chi connectivity index (χ1n) is 18.7. The number of fused-ring (bicyclic) bond motifs is 2. The van der Waals surface area contributed by atoms with E-state index in [-0.39, 0.29) is 22.5 Å². The standard InChI is InChI=1S/C43H50N4O7Si/c1-43(2,3)55(4,5)54-38(32-17-20-36(48)40-33(32)18-21-39(49)46-40)27-44-23-22-29-15-19-35-37(26-29)53-42(52)47(35)24-10-9-11-28-14-16-31(30-12-7-6-8-13-30)34(25-28)45-41(50)51/h6-8,12-21,25-26,38,44-45,48H,9-11,22-24,27H2,1-5H3,(H,46,49)(H,50,51). The van der Waals surface area contributed by atoms with E-state index in [0.717, 1.165) is 58.0 Å². The van der Waals surface area contributed by atoms with Crippen LogP contribution in [0.15, 0.2) is 105 Å². The number of nitrogens with one attached hydrogen (secondary N) is 3. The number of hydrogen-bond acceptors (Lipinski definition) is 7. The maximum atomic E-state index is 12.9. The van der Waals surface area contributed by atoms with Gasteiger partial charge in [0.2, 0.25) is 5.56 Å². The van der Waals surface area contributed by atoms with Gasteiger partial charge >= 0.3 is 11.8 Å². The topological polar surface area (TPSA) is 159 Å².